The summed E-state index contributed by atoms with van der Waals surface area (Å²) in [6, 6.07) is 15.3. The van der Waals surface area contributed by atoms with E-state index in [1.165, 1.54) is 12.1 Å². The van der Waals surface area contributed by atoms with E-state index in [-0.39, 0.29) is 11.6 Å². The van der Waals surface area contributed by atoms with Gasteiger partial charge >= 0.3 is 6.18 Å². The maximum Gasteiger partial charge on any atom is 0.417 e. The van der Waals surface area contributed by atoms with Crippen LogP contribution in [0.2, 0.25) is 0 Å². The van der Waals surface area contributed by atoms with E-state index >= 15 is 0 Å². The van der Waals surface area contributed by atoms with Gasteiger partial charge in [-0.1, -0.05) is 36.4 Å². The quantitative estimate of drug-likeness (QED) is 0.449. The van der Waals surface area contributed by atoms with Gasteiger partial charge in [0.1, 0.15) is 0 Å². The normalized spacial score (nSPS) is 15.8. The lowest BCUT2D eigenvalue weighted by Gasteiger charge is -2.17. The zero-order valence-electron chi connectivity index (χ0n) is 17.8. The summed E-state index contributed by atoms with van der Waals surface area (Å²) in [6.45, 7) is 1.74. The molecule has 8 heteroatoms. The zero-order chi connectivity index (χ0) is 23.3. The first-order valence-electron chi connectivity index (χ1n) is 10.6. The molecule has 1 unspecified atom stereocenters. The van der Waals surface area contributed by atoms with Gasteiger partial charge in [-0.25, -0.2) is 4.98 Å². The number of benzene rings is 2. The highest BCUT2D eigenvalue weighted by atomic mass is 19.4. The Bertz CT molecular complexity index is 1160. The second-order valence-corrected chi connectivity index (χ2v) is 7.89. The Morgan fingerprint density at radius 3 is 2.76 bits per heavy atom. The lowest BCUT2D eigenvalue weighted by atomic mass is 10.1. The summed E-state index contributed by atoms with van der Waals surface area (Å²) >= 11 is 0. The number of rotatable bonds is 8. The Morgan fingerprint density at radius 2 is 2.00 bits per heavy atom. The molecule has 0 fully saturated rings. The number of anilines is 1. The van der Waals surface area contributed by atoms with Crippen molar-refractivity contribution < 1.29 is 17.9 Å². The van der Waals surface area contributed by atoms with Gasteiger partial charge in [-0.3, -0.25) is 0 Å². The lowest BCUT2D eigenvalue weighted by Crippen LogP contribution is -2.17. The SMILES string of the molecule is N#Cc1ccc(NC2CC=C(c3cncn3CCOCc3ccccc3)C2)cc1C(F)(F)F. The second-order valence-electron chi connectivity index (χ2n) is 7.89. The average Bonchev–Trinajstić information content (AvgIpc) is 3.46. The summed E-state index contributed by atoms with van der Waals surface area (Å²) in [6.07, 6.45) is 2.43. The largest absolute Gasteiger partial charge is 0.417 e. The molecule has 0 spiro atoms. The van der Waals surface area contributed by atoms with E-state index in [2.05, 4.69) is 16.4 Å². The van der Waals surface area contributed by atoms with E-state index < -0.39 is 11.7 Å². The summed E-state index contributed by atoms with van der Waals surface area (Å²) < 4.78 is 47.5. The highest BCUT2D eigenvalue weighted by Gasteiger charge is 2.34. The van der Waals surface area contributed by atoms with Crippen LogP contribution in [0.4, 0.5) is 18.9 Å². The topological polar surface area (TPSA) is 62.9 Å². The first-order valence-corrected chi connectivity index (χ1v) is 10.6. The van der Waals surface area contributed by atoms with Gasteiger partial charge in [0.15, 0.2) is 0 Å². The molecule has 1 aliphatic rings. The van der Waals surface area contributed by atoms with Crippen LogP contribution in [0, 0.1) is 11.3 Å². The summed E-state index contributed by atoms with van der Waals surface area (Å²) in [5.74, 6) is 0. The molecule has 0 bridgehead atoms. The van der Waals surface area contributed by atoms with E-state index in [1.54, 1.807) is 18.6 Å². The maximum absolute atomic E-state index is 13.2. The standard InChI is InChI=1S/C25H23F3N4O/c26-25(27,28)23-13-22(9-7-20(23)14-29)31-21-8-6-19(12-21)24-15-30-17-32(24)10-11-33-16-18-4-2-1-3-5-18/h1-7,9,13,15,17,21,31H,8,10-12,16H2. The van der Waals surface area contributed by atoms with E-state index in [1.807, 2.05) is 34.9 Å². The average molecular weight is 452 g/mol. The highest BCUT2D eigenvalue weighted by molar-refractivity contribution is 5.67. The van der Waals surface area contributed by atoms with Crippen LogP contribution in [0.1, 0.15) is 35.2 Å². The predicted octanol–water partition coefficient (Wildman–Crippen LogP) is 5.65. The van der Waals surface area contributed by atoms with Crippen molar-refractivity contribution in [1.82, 2.24) is 9.55 Å². The van der Waals surface area contributed by atoms with Crippen molar-refractivity contribution in [3.8, 4) is 6.07 Å². The summed E-state index contributed by atoms with van der Waals surface area (Å²) in [5, 5.41) is 12.1. The monoisotopic (exact) mass is 452 g/mol. The number of nitrogens with zero attached hydrogens (tertiary/aromatic N) is 3. The number of halogens is 3. The van der Waals surface area contributed by atoms with Crippen molar-refractivity contribution in [3.63, 3.8) is 0 Å². The van der Waals surface area contributed by atoms with E-state index in [4.69, 9.17) is 10.00 Å². The van der Waals surface area contributed by atoms with Crippen LogP contribution in [0.5, 0.6) is 0 Å². The van der Waals surface area contributed by atoms with Crippen LogP contribution in [0.15, 0.2) is 67.1 Å². The maximum atomic E-state index is 13.2. The van der Waals surface area contributed by atoms with Crippen molar-refractivity contribution >= 4 is 11.3 Å². The molecule has 2 aromatic carbocycles. The molecular weight excluding hydrogens is 429 g/mol. The number of hydrogen-bond acceptors (Lipinski definition) is 4. The number of ether oxygens (including phenoxy) is 1. The van der Waals surface area contributed by atoms with Crippen LogP contribution in [-0.2, 0) is 24.1 Å². The molecule has 0 saturated heterocycles. The molecule has 3 aromatic rings. The molecule has 0 radical (unpaired) electrons. The van der Waals surface area contributed by atoms with E-state index in [0.717, 1.165) is 22.9 Å². The van der Waals surface area contributed by atoms with Crippen molar-refractivity contribution in [2.75, 3.05) is 11.9 Å². The van der Waals surface area contributed by atoms with Crippen LogP contribution >= 0.6 is 0 Å². The van der Waals surface area contributed by atoms with Gasteiger partial charge < -0.3 is 14.6 Å². The van der Waals surface area contributed by atoms with Gasteiger partial charge in [-0.15, -0.1) is 0 Å². The van der Waals surface area contributed by atoms with Crippen molar-refractivity contribution in [2.45, 2.75) is 38.2 Å². The Balaban J connectivity index is 1.33. The number of alkyl halides is 3. The molecule has 0 saturated carbocycles. The third-order valence-electron chi connectivity index (χ3n) is 5.56. The first-order chi connectivity index (χ1) is 15.9. The van der Waals surface area contributed by atoms with Gasteiger partial charge in [0, 0.05) is 18.3 Å². The Labute approximate surface area is 190 Å². The molecule has 1 aliphatic carbocycles. The fraction of sp³-hybridized carbons (Fsp3) is 0.280. The molecular formula is C25H23F3N4O. The van der Waals surface area contributed by atoms with Crippen LogP contribution < -0.4 is 5.32 Å². The van der Waals surface area contributed by atoms with Gasteiger partial charge in [0.25, 0.3) is 0 Å². The van der Waals surface area contributed by atoms with Gasteiger partial charge in [-0.2, -0.15) is 18.4 Å². The Morgan fingerprint density at radius 1 is 1.18 bits per heavy atom. The minimum Gasteiger partial charge on any atom is -0.382 e. The minimum atomic E-state index is -4.57. The fourth-order valence-corrected chi connectivity index (χ4v) is 3.93. The summed E-state index contributed by atoms with van der Waals surface area (Å²) in [4.78, 5) is 4.26. The van der Waals surface area contributed by atoms with Crippen molar-refractivity contribution in [3.05, 3.63) is 89.5 Å². The zero-order valence-corrected chi connectivity index (χ0v) is 17.8. The molecule has 4 rings (SSSR count). The third-order valence-corrected chi connectivity index (χ3v) is 5.56. The first kappa shape index (κ1) is 22.6. The van der Waals surface area contributed by atoms with E-state index in [9.17, 15) is 13.2 Å². The van der Waals surface area contributed by atoms with Crippen LogP contribution in [0.25, 0.3) is 5.57 Å². The molecule has 33 heavy (non-hydrogen) atoms. The number of nitrogens with one attached hydrogen (secondary N) is 1. The minimum absolute atomic E-state index is 0.0355. The smallest absolute Gasteiger partial charge is 0.382 e. The summed E-state index contributed by atoms with van der Waals surface area (Å²) in [5.41, 5.74) is 2.25. The highest BCUT2D eigenvalue weighted by Crippen LogP contribution is 2.35. The third kappa shape index (κ3) is 5.62. The molecule has 170 valence electrons. The molecule has 1 aromatic heterocycles. The molecule has 1 N–H and O–H groups in total. The number of imidazole rings is 1. The molecule has 1 heterocycles. The predicted molar refractivity (Wildman–Crippen MR) is 119 cm³/mol. The number of aromatic nitrogens is 2. The number of hydrogen-bond donors (Lipinski definition) is 1. The van der Waals surface area contributed by atoms with Crippen LogP contribution in [-0.4, -0.2) is 22.2 Å². The lowest BCUT2D eigenvalue weighted by molar-refractivity contribution is -0.137. The summed E-state index contributed by atoms with van der Waals surface area (Å²) in [7, 11) is 0. The fourth-order valence-electron chi connectivity index (χ4n) is 3.93. The van der Waals surface area contributed by atoms with Crippen molar-refractivity contribution in [1.29, 1.82) is 5.26 Å². The molecule has 1 atom stereocenters. The van der Waals surface area contributed by atoms with Gasteiger partial charge in [-0.05, 0) is 42.2 Å². The molecule has 0 amide bonds. The van der Waals surface area contributed by atoms with Gasteiger partial charge in [0.2, 0.25) is 0 Å². The Kier molecular flexibility index (Phi) is 6.80. The number of nitriles is 1. The molecule has 5 nitrogen and oxygen atoms in total. The second kappa shape index (κ2) is 9.92. The van der Waals surface area contributed by atoms with Gasteiger partial charge in [0.05, 0.1) is 48.6 Å². The van der Waals surface area contributed by atoms with E-state index in [0.29, 0.717) is 38.3 Å². The van der Waals surface area contributed by atoms with Crippen LogP contribution in [0.3, 0.4) is 0 Å². The van der Waals surface area contributed by atoms with Crippen molar-refractivity contribution in [2.24, 2.45) is 0 Å². The Hall–Kier alpha value is -3.57. The molecule has 0 aliphatic heterocycles.